The summed E-state index contributed by atoms with van der Waals surface area (Å²) < 4.78 is 5.40. The predicted octanol–water partition coefficient (Wildman–Crippen LogP) is 4.81. The number of likely N-dealkylation sites (N-methyl/N-ethyl adjacent to an activating group) is 1. The predicted molar refractivity (Wildman–Crippen MR) is 89.7 cm³/mol. The molecular formula is C17H19Cl2NO. The van der Waals surface area contributed by atoms with Crippen LogP contribution in [-0.4, -0.2) is 14.2 Å². The topological polar surface area (TPSA) is 21.3 Å². The monoisotopic (exact) mass is 323 g/mol. The summed E-state index contributed by atoms with van der Waals surface area (Å²) in [6, 6.07) is 12.0. The van der Waals surface area contributed by atoms with Crippen LogP contribution in [0.2, 0.25) is 10.0 Å². The van der Waals surface area contributed by atoms with Crippen molar-refractivity contribution in [3.63, 3.8) is 0 Å². The fraction of sp³-hybridized carbons (Fsp3) is 0.294. The highest BCUT2D eigenvalue weighted by Gasteiger charge is 2.14. The molecule has 0 radical (unpaired) electrons. The maximum absolute atomic E-state index is 6.26. The molecule has 1 atom stereocenters. The summed E-state index contributed by atoms with van der Waals surface area (Å²) in [4.78, 5) is 0. The van der Waals surface area contributed by atoms with Gasteiger partial charge in [-0.25, -0.2) is 0 Å². The van der Waals surface area contributed by atoms with E-state index < -0.39 is 0 Å². The van der Waals surface area contributed by atoms with Crippen molar-refractivity contribution in [3.8, 4) is 5.75 Å². The quantitative estimate of drug-likeness (QED) is 0.852. The number of aryl methyl sites for hydroxylation is 1. The molecule has 2 nitrogen and oxygen atoms in total. The molecular weight excluding hydrogens is 305 g/mol. The molecule has 112 valence electrons. The molecule has 21 heavy (non-hydrogen) atoms. The van der Waals surface area contributed by atoms with Crippen LogP contribution in [-0.2, 0) is 6.42 Å². The Balaban J connectivity index is 2.27. The summed E-state index contributed by atoms with van der Waals surface area (Å²) in [5, 5.41) is 4.68. The van der Waals surface area contributed by atoms with E-state index in [2.05, 4.69) is 23.5 Å². The van der Waals surface area contributed by atoms with Gasteiger partial charge in [0.15, 0.2) is 0 Å². The van der Waals surface area contributed by atoms with E-state index in [1.165, 1.54) is 5.56 Å². The second-order valence-corrected chi connectivity index (χ2v) is 5.85. The number of benzene rings is 2. The van der Waals surface area contributed by atoms with Crippen molar-refractivity contribution in [3.05, 3.63) is 63.1 Å². The fourth-order valence-corrected chi connectivity index (χ4v) is 2.83. The third-order valence-electron chi connectivity index (χ3n) is 3.62. The SMILES string of the molecule is CNC(Cc1ccc(Cl)cc1Cl)c1ccc(C)c(OC)c1. The van der Waals surface area contributed by atoms with Gasteiger partial charge < -0.3 is 10.1 Å². The molecule has 0 aliphatic rings. The van der Waals surface area contributed by atoms with Gasteiger partial charge in [0, 0.05) is 16.1 Å². The molecule has 1 unspecified atom stereocenters. The number of rotatable bonds is 5. The lowest BCUT2D eigenvalue weighted by atomic mass is 9.97. The zero-order chi connectivity index (χ0) is 15.4. The molecule has 0 bridgehead atoms. The van der Waals surface area contributed by atoms with Gasteiger partial charge in [0.2, 0.25) is 0 Å². The van der Waals surface area contributed by atoms with Crippen molar-refractivity contribution < 1.29 is 4.74 Å². The van der Waals surface area contributed by atoms with Gasteiger partial charge in [-0.1, -0.05) is 41.4 Å². The lowest BCUT2D eigenvalue weighted by Crippen LogP contribution is -2.19. The summed E-state index contributed by atoms with van der Waals surface area (Å²) in [7, 11) is 3.64. The van der Waals surface area contributed by atoms with Crippen LogP contribution in [0.3, 0.4) is 0 Å². The van der Waals surface area contributed by atoms with Crippen molar-refractivity contribution >= 4 is 23.2 Å². The second kappa shape index (κ2) is 7.17. The van der Waals surface area contributed by atoms with Crippen LogP contribution in [0, 0.1) is 6.92 Å². The molecule has 0 saturated heterocycles. The Hall–Kier alpha value is -1.22. The Morgan fingerprint density at radius 3 is 2.52 bits per heavy atom. The molecule has 1 N–H and O–H groups in total. The van der Waals surface area contributed by atoms with Crippen LogP contribution >= 0.6 is 23.2 Å². The zero-order valence-corrected chi connectivity index (χ0v) is 13.9. The molecule has 0 heterocycles. The van der Waals surface area contributed by atoms with Gasteiger partial charge in [0.25, 0.3) is 0 Å². The standard InChI is InChI=1S/C17H19Cl2NO/c1-11-4-5-13(9-17(11)21-3)16(20-2)8-12-6-7-14(18)10-15(12)19/h4-7,9-10,16,20H,8H2,1-3H3. The molecule has 0 aliphatic heterocycles. The summed E-state index contributed by atoms with van der Waals surface area (Å²) in [6.45, 7) is 2.03. The maximum Gasteiger partial charge on any atom is 0.122 e. The number of ether oxygens (including phenoxy) is 1. The third kappa shape index (κ3) is 3.91. The molecule has 2 rings (SSSR count). The average molecular weight is 324 g/mol. The molecule has 2 aromatic rings. The van der Waals surface area contributed by atoms with Crippen LogP contribution in [0.5, 0.6) is 5.75 Å². The van der Waals surface area contributed by atoms with Gasteiger partial charge >= 0.3 is 0 Å². The minimum atomic E-state index is 0.165. The number of methoxy groups -OCH3 is 1. The van der Waals surface area contributed by atoms with E-state index in [0.29, 0.717) is 10.0 Å². The third-order valence-corrected chi connectivity index (χ3v) is 4.21. The molecule has 0 fully saturated rings. The van der Waals surface area contributed by atoms with Crippen molar-refractivity contribution in [2.45, 2.75) is 19.4 Å². The van der Waals surface area contributed by atoms with E-state index in [4.69, 9.17) is 27.9 Å². The first-order valence-corrected chi connectivity index (χ1v) is 7.56. The average Bonchev–Trinajstić information content (AvgIpc) is 2.47. The maximum atomic E-state index is 6.26. The molecule has 0 amide bonds. The first kappa shape index (κ1) is 16.2. The first-order chi connectivity index (χ1) is 10.0. The van der Waals surface area contributed by atoms with Crippen molar-refractivity contribution in [1.82, 2.24) is 5.32 Å². The highest BCUT2D eigenvalue weighted by molar-refractivity contribution is 6.35. The van der Waals surface area contributed by atoms with E-state index in [0.717, 1.165) is 23.3 Å². The number of halogens is 2. The first-order valence-electron chi connectivity index (χ1n) is 6.81. The zero-order valence-electron chi connectivity index (χ0n) is 12.4. The Kier molecular flexibility index (Phi) is 5.51. The molecule has 4 heteroatoms. The van der Waals surface area contributed by atoms with Crippen molar-refractivity contribution in [1.29, 1.82) is 0 Å². The van der Waals surface area contributed by atoms with Gasteiger partial charge in [-0.2, -0.15) is 0 Å². The van der Waals surface area contributed by atoms with Crippen molar-refractivity contribution in [2.75, 3.05) is 14.2 Å². The summed E-state index contributed by atoms with van der Waals surface area (Å²) in [6.07, 6.45) is 0.790. The number of hydrogen-bond donors (Lipinski definition) is 1. The van der Waals surface area contributed by atoms with Gasteiger partial charge in [-0.3, -0.25) is 0 Å². The van der Waals surface area contributed by atoms with Crippen LogP contribution < -0.4 is 10.1 Å². The van der Waals surface area contributed by atoms with Crippen LogP contribution in [0.1, 0.15) is 22.7 Å². The summed E-state index contributed by atoms with van der Waals surface area (Å²) in [5.74, 6) is 0.898. The number of hydrogen-bond acceptors (Lipinski definition) is 2. The largest absolute Gasteiger partial charge is 0.496 e. The molecule has 0 aliphatic carbocycles. The van der Waals surface area contributed by atoms with Crippen LogP contribution in [0.25, 0.3) is 0 Å². The van der Waals surface area contributed by atoms with E-state index in [9.17, 15) is 0 Å². The van der Waals surface area contributed by atoms with E-state index in [1.807, 2.05) is 26.1 Å². The van der Waals surface area contributed by atoms with Gasteiger partial charge in [-0.15, -0.1) is 0 Å². The van der Waals surface area contributed by atoms with Gasteiger partial charge in [0.1, 0.15) is 5.75 Å². The Labute approximate surface area is 136 Å². The van der Waals surface area contributed by atoms with E-state index in [1.54, 1.807) is 13.2 Å². The minimum absolute atomic E-state index is 0.165. The normalized spacial score (nSPS) is 12.2. The molecule has 0 saturated carbocycles. The number of nitrogens with one attached hydrogen (secondary N) is 1. The Bertz CT molecular complexity index is 628. The van der Waals surface area contributed by atoms with Crippen LogP contribution in [0.4, 0.5) is 0 Å². The molecule has 0 aromatic heterocycles. The summed E-state index contributed by atoms with van der Waals surface area (Å²) in [5.41, 5.74) is 3.37. The lowest BCUT2D eigenvalue weighted by Gasteiger charge is -2.19. The summed E-state index contributed by atoms with van der Waals surface area (Å²) >= 11 is 12.2. The second-order valence-electron chi connectivity index (χ2n) is 5.01. The van der Waals surface area contributed by atoms with Crippen LogP contribution in [0.15, 0.2) is 36.4 Å². The Morgan fingerprint density at radius 1 is 1.14 bits per heavy atom. The highest BCUT2D eigenvalue weighted by Crippen LogP contribution is 2.28. The van der Waals surface area contributed by atoms with Gasteiger partial charge in [0.05, 0.1) is 7.11 Å². The Morgan fingerprint density at radius 2 is 1.90 bits per heavy atom. The smallest absolute Gasteiger partial charge is 0.122 e. The fourth-order valence-electron chi connectivity index (χ4n) is 2.35. The lowest BCUT2D eigenvalue weighted by molar-refractivity contribution is 0.410. The van der Waals surface area contributed by atoms with Gasteiger partial charge in [-0.05, 0) is 55.3 Å². The molecule has 0 spiro atoms. The molecule has 2 aromatic carbocycles. The minimum Gasteiger partial charge on any atom is -0.496 e. The highest BCUT2D eigenvalue weighted by atomic mass is 35.5. The van der Waals surface area contributed by atoms with E-state index >= 15 is 0 Å². The van der Waals surface area contributed by atoms with E-state index in [-0.39, 0.29) is 6.04 Å². The van der Waals surface area contributed by atoms with Crippen molar-refractivity contribution in [2.24, 2.45) is 0 Å².